The Morgan fingerprint density at radius 3 is 2.43 bits per heavy atom. The molecule has 0 aromatic heterocycles. The summed E-state index contributed by atoms with van der Waals surface area (Å²) in [6.07, 6.45) is 4.36. The number of hydrogen-bond donors (Lipinski definition) is 1. The van der Waals surface area contributed by atoms with Gasteiger partial charge in [0, 0.05) is 6.08 Å². The number of carbonyl (C=O) groups excluding carboxylic acids is 1. The second kappa shape index (κ2) is 8.79. The average molecular weight is 309 g/mol. The maximum absolute atomic E-state index is 11.7. The second-order valence-electron chi connectivity index (χ2n) is 5.38. The standard InChI is InChI=1S/C20H23NO2/c1-3-17-8-11-19(12-9-17)23-15-14-21-20(22)13-10-18-6-4-16(2)5-7-18/h4-13H,3,14-15H2,1-2H3,(H,21,22)/b13-10+. The quantitative estimate of drug-likeness (QED) is 0.624. The molecule has 0 fully saturated rings. The van der Waals surface area contributed by atoms with E-state index in [4.69, 9.17) is 4.74 Å². The maximum Gasteiger partial charge on any atom is 0.244 e. The highest BCUT2D eigenvalue weighted by Crippen LogP contribution is 2.12. The van der Waals surface area contributed by atoms with Gasteiger partial charge in [0.05, 0.1) is 6.54 Å². The summed E-state index contributed by atoms with van der Waals surface area (Å²) in [7, 11) is 0. The first-order chi connectivity index (χ1) is 11.2. The van der Waals surface area contributed by atoms with Crippen LogP contribution in [-0.4, -0.2) is 19.1 Å². The van der Waals surface area contributed by atoms with Gasteiger partial charge in [0.15, 0.2) is 0 Å². The summed E-state index contributed by atoms with van der Waals surface area (Å²) in [5.74, 6) is 0.710. The first-order valence-electron chi connectivity index (χ1n) is 7.91. The summed E-state index contributed by atoms with van der Waals surface area (Å²) < 4.78 is 5.59. The topological polar surface area (TPSA) is 38.3 Å². The summed E-state index contributed by atoms with van der Waals surface area (Å²) in [6.45, 7) is 5.09. The van der Waals surface area contributed by atoms with Crippen molar-refractivity contribution < 1.29 is 9.53 Å². The lowest BCUT2D eigenvalue weighted by molar-refractivity contribution is -0.116. The molecule has 2 aromatic rings. The molecule has 0 unspecified atom stereocenters. The van der Waals surface area contributed by atoms with Crippen LogP contribution in [0.2, 0.25) is 0 Å². The number of aryl methyl sites for hydroxylation is 2. The lowest BCUT2D eigenvalue weighted by atomic mass is 10.1. The van der Waals surface area contributed by atoms with Gasteiger partial charge in [0.1, 0.15) is 12.4 Å². The highest BCUT2D eigenvalue weighted by Gasteiger charge is 1.97. The molecule has 0 radical (unpaired) electrons. The van der Waals surface area contributed by atoms with Crippen molar-refractivity contribution in [2.75, 3.05) is 13.2 Å². The van der Waals surface area contributed by atoms with Gasteiger partial charge in [-0.1, -0.05) is 48.9 Å². The summed E-state index contributed by atoms with van der Waals surface area (Å²) in [6, 6.07) is 16.0. The molecule has 0 aliphatic rings. The molecule has 0 saturated heterocycles. The van der Waals surface area contributed by atoms with Gasteiger partial charge in [-0.3, -0.25) is 4.79 Å². The second-order valence-corrected chi connectivity index (χ2v) is 5.38. The Hall–Kier alpha value is -2.55. The number of nitrogens with one attached hydrogen (secondary N) is 1. The van der Waals surface area contributed by atoms with Crippen molar-refractivity contribution in [1.29, 1.82) is 0 Å². The van der Waals surface area contributed by atoms with Gasteiger partial charge in [0.25, 0.3) is 0 Å². The summed E-state index contributed by atoms with van der Waals surface area (Å²) in [5, 5.41) is 2.81. The van der Waals surface area contributed by atoms with Crippen molar-refractivity contribution in [3.63, 3.8) is 0 Å². The molecule has 2 rings (SSSR count). The zero-order valence-electron chi connectivity index (χ0n) is 13.7. The molecule has 0 bridgehead atoms. The molecule has 23 heavy (non-hydrogen) atoms. The Bertz CT molecular complexity index is 642. The van der Waals surface area contributed by atoms with E-state index in [-0.39, 0.29) is 5.91 Å². The molecule has 3 heteroatoms. The Labute approximate surface area is 138 Å². The molecule has 0 heterocycles. The normalized spacial score (nSPS) is 10.7. The Morgan fingerprint density at radius 1 is 1.09 bits per heavy atom. The Kier molecular flexibility index (Phi) is 6.42. The van der Waals surface area contributed by atoms with Gasteiger partial charge in [-0.25, -0.2) is 0 Å². The first kappa shape index (κ1) is 16.8. The fraction of sp³-hybridized carbons (Fsp3) is 0.250. The molecule has 0 atom stereocenters. The molecular weight excluding hydrogens is 286 g/mol. The van der Waals surface area contributed by atoms with Crippen LogP contribution in [-0.2, 0) is 11.2 Å². The summed E-state index contributed by atoms with van der Waals surface area (Å²) >= 11 is 0. The molecule has 3 nitrogen and oxygen atoms in total. The van der Waals surface area contributed by atoms with Gasteiger partial charge in [-0.15, -0.1) is 0 Å². The molecule has 1 N–H and O–H groups in total. The SMILES string of the molecule is CCc1ccc(OCCNC(=O)/C=C/c2ccc(C)cc2)cc1. The molecule has 1 amide bonds. The minimum absolute atomic E-state index is 0.115. The van der Waals surface area contributed by atoms with E-state index >= 15 is 0 Å². The molecule has 0 spiro atoms. The highest BCUT2D eigenvalue weighted by molar-refractivity contribution is 5.91. The van der Waals surface area contributed by atoms with E-state index in [1.165, 1.54) is 11.1 Å². The number of rotatable bonds is 7. The predicted molar refractivity (Wildman–Crippen MR) is 94.5 cm³/mol. The van der Waals surface area contributed by atoms with Crippen LogP contribution in [0.3, 0.4) is 0 Å². The van der Waals surface area contributed by atoms with Crippen LogP contribution in [0.4, 0.5) is 0 Å². The third kappa shape index (κ3) is 5.99. The number of benzene rings is 2. The molecule has 0 saturated carbocycles. The van der Waals surface area contributed by atoms with E-state index in [1.54, 1.807) is 12.2 Å². The van der Waals surface area contributed by atoms with Crippen LogP contribution < -0.4 is 10.1 Å². The number of amides is 1. The zero-order valence-corrected chi connectivity index (χ0v) is 13.7. The monoisotopic (exact) mass is 309 g/mol. The van der Waals surface area contributed by atoms with Crippen LogP contribution >= 0.6 is 0 Å². The van der Waals surface area contributed by atoms with Crippen molar-refractivity contribution >= 4 is 12.0 Å². The van der Waals surface area contributed by atoms with E-state index < -0.39 is 0 Å². The lowest BCUT2D eigenvalue weighted by Crippen LogP contribution is -2.26. The average Bonchev–Trinajstić information content (AvgIpc) is 2.59. The zero-order chi connectivity index (χ0) is 16.5. The number of ether oxygens (including phenoxy) is 1. The fourth-order valence-corrected chi connectivity index (χ4v) is 2.07. The van der Waals surface area contributed by atoms with Crippen LogP contribution in [0.15, 0.2) is 54.6 Å². The third-order valence-corrected chi connectivity index (χ3v) is 3.51. The maximum atomic E-state index is 11.7. The minimum Gasteiger partial charge on any atom is -0.492 e. The Balaban J connectivity index is 1.68. The van der Waals surface area contributed by atoms with Crippen LogP contribution in [0.5, 0.6) is 5.75 Å². The molecule has 2 aromatic carbocycles. The molecule has 0 aliphatic carbocycles. The summed E-state index contributed by atoms with van der Waals surface area (Å²) in [5.41, 5.74) is 3.50. The fourth-order valence-electron chi connectivity index (χ4n) is 2.07. The third-order valence-electron chi connectivity index (χ3n) is 3.51. The lowest BCUT2D eigenvalue weighted by Gasteiger charge is -2.07. The van der Waals surface area contributed by atoms with Crippen molar-refractivity contribution in [3.05, 3.63) is 71.3 Å². The first-order valence-corrected chi connectivity index (χ1v) is 7.91. The Morgan fingerprint density at radius 2 is 1.78 bits per heavy atom. The minimum atomic E-state index is -0.115. The van der Waals surface area contributed by atoms with Crippen LogP contribution in [0.25, 0.3) is 6.08 Å². The van der Waals surface area contributed by atoms with E-state index in [0.717, 1.165) is 17.7 Å². The van der Waals surface area contributed by atoms with E-state index in [0.29, 0.717) is 13.2 Å². The van der Waals surface area contributed by atoms with Crippen molar-refractivity contribution in [3.8, 4) is 5.75 Å². The van der Waals surface area contributed by atoms with Gasteiger partial charge >= 0.3 is 0 Å². The van der Waals surface area contributed by atoms with Gasteiger partial charge < -0.3 is 10.1 Å². The van der Waals surface area contributed by atoms with Crippen molar-refractivity contribution in [2.24, 2.45) is 0 Å². The largest absolute Gasteiger partial charge is 0.492 e. The van der Waals surface area contributed by atoms with Gasteiger partial charge in [-0.05, 0) is 42.7 Å². The number of hydrogen-bond acceptors (Lipinski definition) is 2. The van der Waals surface area contributed by atoms with Gasteiger partial charge in [0.2, 0.25) is 5.91 Å². The smallest absolute Gasteiger partial charge is 0.244 e. The van der Waals surface area contributed by atoms with Crippen molar-refractivity contribution in [2.45, 2.75) is 20.3 Å². The van der Waals surface area contributed by atoms with E-state index in [2.05, 4.69) is 24.4 Å². The van der Waals surface area contributed by atoms with Crippen LogP contribution in [0.1, 0.15) is 23.6 Å². The van der Waals surface area contributed by atoms with E-state index in [1.807, 2.05) is 43.3 Å². The van der Waals surface area contributed by atoms with Crippen molar-refractivity contribution in [1.82, 2.24) is 5.32 Å². The molecule has 120 valence electrons. The summed E-state index contributed by atoms with van der Waals surface area (Å²) in [4.78, 5) is 11.7. The molecular formula is C20H23NO2. The molecule has 0 aliphatic heterocycles. The van der Waals surface area contributed by atoms with E-state index in [9.17, 15) is 4.79 Å². The predicted octanol–water partition coefficient (Wildman–Crippen LogP) is 3.77. The van der Waals surface area contributed by atoms with Crippen LogP contribution in [0, 0.1) is 6.92 Å². The van der Waals surface area contributed by atoms with Gasteiger partial charge in [-0.2, -0.15) is 0 Å². The number of carbonyl (C=O) groups is 1. The highest BCUT2D eigenvalue weighted by atomic mass is 16.5.